The average Bonchev–Trinajstić information content (AvgIpc) is 3.13. The number of esters is 2. The summed E-state index contributed by atoms with van der Waals surface area (Å²) in [4.78, 5) is 40.9. The summed E-state index contributed by atoms with van der Waals surface area (Å²) in [5.74, 6) is -0.619. The van der Waals surface area contributed by atoms with Crippen molar-refractivity contribution in [1.82, 2.24) is 0 Å². The van der Waals surface area contributed by atoms with E-state index in [4.69, 9.17) is 14.2 Å². The van der Waals surface area contributed by atoms with E-state index in [9.17, 15) is 19.5 Å². The molecule has 7 rings (SSSR count). The van der Waals surface area contributed by atoms with Crippen LogP contribution in [0.4, 0.5) is 0 Å². The maximum Gasteiger partial charge on any atom is 0.331 e. The van der Waals surface area contributed by atoms with E-state index in [0.29, 0.717) is 12.8 Å². The van der Waals surface area contributed by atoms with Crippen molar-refractivity contribution in [3.05, 3.63) is 83.4 Å². The number of hydrogen-bond donors (Lipinski definition) is 1. The average molecular weight is 711 g/mol. The monoisotopic (exact) mass is 710 g/mol. The molecule has 280 valence electrons. The first-order valence-electron chi connectivity index (χ1n) is 19.6. The fraction of sp³-hybridized carbons (Fsp3) is 0.622. The number of aliphatic hydroxyl groups is 1. The molecule has 0 radical (unpaired) electrons. The predicted octanol–water partition coefficient (Wildman–Crippen LogP) is 8.44. The lowest BCUT2D eigenvalue weighted by Gasteiger charge is -2.70. The second-order valence-electron chi connectivity index (χ2n) is 18.2. The number of carbonyl (C=O) groups excluding carboxylic acids is 3. The number of methoxy groups -OCH3 is 1. The third-order valence-corrected chi connectivity index (χ3v) is 15.7. The smallest absolute Gasteiger partial charge is 0.331 e. The molecule has 5 aliphatic rings. The van der Waals surface area contributed by atoms with Crippen LogP contribution >= 0.6 is 0 Å². The standard InChI is InChI=1S/C45H58O7/c1-41-20-17-31(40(49)52-38(29-13-9-7-10-14-29)30-15-11-8-12-16-30)25-32(41)33-26-34(46)39-42(2)21-19-36(47)43(3,28-51-27-37(48)50-6)35(42)18-22-45(39,5)44(33,4)24-23-41/h7-16,26,31-32,35-36,38-39,47H,17-25,27-28H2,1-6H3/t31-,32-,35+,36-,39+,41+,42-,43-,44+,45+/m0/s1. The van der Waals surface area contributed by atoms with Gasteiger partial charge in [0.2, 0.25) is 0 Å². The van der Waals surface area contributed by atoms with E-state index < -0.39 is 23.6 Å². The minimum atomic E-state index is -0.590. The molecule has 5 aliphatic carbocycles. The molecule has 10 atom stereocenters. The fourth-order valence-corrected chi connectivity index (χ4v) is 12.5. The van der Waals surface area contributed by atoms with Crippen molar-refractivity contribution in [2.24, 2.45) is 50.7 Å². The normalized spacial score (nSPS) is 39.7. The Morgan fingerprint density at radius 3 is 2.13 bits per heavy atom. The van der Waals surface area contributed by atoms with E-state index >= 15 is 0 Å². The maximum absolute atomic E-state index is 14.9. The van der Waals surface area contributed by atoms with Crippen LogP contribution < -0.4 is 0 Å². The van der Waals surface area contributed by atoms with Crippen LogP contribution in [-0.4, -0.2) is 49.3 Å². The van der Waals surface area contributed by atoms with Gasteiger partial charge in [-0.15, -0.1) is 0 Å². The summed E-state index contributed by atoms with van der Waals surface area (Å²) in [6.07, 6.45) is 8.61. The highest BCUT2D eigenvalue weighted by Gasteiger charge is 2.70. The predicted molar refractivity (Wildman–Crippen MR) is 199 cm³/mol. The summed E-state index contributed by atoms with van der Waals surface area (Å²) >= 11 is 0. The molecular weight excluding hydrogens is 652 g/mol. The minimum Gasteiger partial charge on any atom is -0.467 e. The summed E-state index contributed by atoms with van der Waals surface area (Å²) < 4.78 is 17.1. The molecule has 7 heteroatoms. The van der Waals surface area contributed by atoms with Crippen LogP contribution in [-0.2, 0) is 28.6 Å². The van der Waals surface area contributed by atoms with Crippen LogP contribution in [0.1, 0.15) is 110 Å². The quantitative estimate of drug-likeness (QED) is 0.275. The molecule has 0 aromatic heterocycles. The van der Waals surface area contributed by atoms with Gasteiger partial charge in [-0.25, -0.2) is 4.79 Å². The van der Waals surface area contributed by atoms with Gasteiger partial charge < -0.3 is 19.3 Å². The molecule has 7 nitrogen and oxygen atoms in total. The highest BCUT2D eigenvalue weighted by atomic mass is 16.6. The molecule has 0 saturated heterocycles. The Hall–Kier alpha value is -3.29. The molecule has 0 heterocycles. The Morgan fingerprint density at radius 1 is 0.846 bits per heavy atom. The van der Waals surface area contributed by atoms with Crippen LogP contribution in [0.3, 0.4) is 0 Å². The number of rotatable bonds is 8. The summed E-state index contributed by atoms with van der Waals surface area (Å²) in [6, 6.07) is 20.0. The molecule has 0 bridgehead atoms. The van der Waals surface area contributed by atoms with Gasteiger partial charge in [0.1, 0.15) is 6.61 Å². The van der Waals surface area contributed by atoms with Gasteiger partial charge >= 0.3 is 11.9 Å². The first-order valence-corrected chi connectivity index (χ1v) is 19.6. The van der Waals surface area contributed by atoms with Gasteiger partial charge in [-0.05, 0) is 108 Å². The van der Waals surface area contributed by atoms with E-state index in [-0.39, 0.29) is 70.3 Å². The number of fused-ring (bicyclic) bond motifs is 7. The van der Waals surface area contributed by atoms with Crippen molar-refractivity contribution < 1.29 is 33.7 Å². The highest BCUT2D eigenvalue weighted by Crippen LogP contribution is 2.74. The number of allylic oxidation sites excluding steroid dienone is 2. The van der Waals surface area contributed by atoms with Crippen molar-refractivity contribution >= 4 is 17.7 Å². The van der Waals surface area contributed by atoms with E-state index in [1.54, 1.807) is 0 Å². The first kappa shape index (κ1) is 37.0. The summed E-state index contributed by atoms with van der Waals surface area (Å²) in [6.45, 7) is 11.6. The molecule has 0 amide bonds. The highest BCUT2D eigenvalue weighted by molar-refractivity contribution is 5.95. The Labute approximate surface area is 309 Å². The number of ether oxygens (including phenoxy) is 3. The Balaban J connectivity index is 1.17. The number of benzene rings is 2. The Kier molecular flexibility index (Phi) is 9.64. The molecule has 2 aromatic carbocycles. The van der Waals surface area contributed by atoms with Gasteiger partial charge in [-0.2, -0.15) is 0 Å². The lowest BCUT2D eigenvalue weighted by molar-refractivity contribution is -0.216. The zero-order valence-corrected chi connectivity index (χ0v) is 32.0. The number of aliphatic hydroxyl groups excluding tert-OH is 1. The van der Waals surface area contributed by atoms with Crippen molar-refractivity contribution in [3.8, 4) is 0 Å². The largest absolute Gasteiger partial charge is 0.467 e. The minimum absolute atomic E-state index is 0.0233. The molecule has 4 saturated carbocycles. The maximum atomic E-state index is 14.9. The van der Waals surface area contributed by atoms with Gasteiger partial charge in [0.15, 0.2) is 11.9 Å². The SMILES string of the molecule is COC(=O)COC[C@@]1(C)[C@@H]2CC[C@]3(C)[C@H](C(=O)C=C4[C@@H]5C[C@@H](C(=O)OC(c6ccccc6)c6ccccc6)CC[C@]5(C)CC[C@]43C)[C@@]2(C)CC[C@@H]1O. The van der Waals surface area contributed by atoms with E-state index in [0.717, 1.165) is 56.1 Å². The van der Waals surface area contributed by atoms with Gasteiger partial charge in [0, 0.05) is 11.3 Å². The second-order valence-corrected chi connectivity index (χ2v) is 18.2. The van der Waals surface area contributed by atoms with Gasteiger partial charge in [-0.3, -0.25) is 9.59 Å². The first-order chi connectivity index (χ1) is 24.7. The third kappa shape index (κ3) is 5.80. The van der Waals surface area contributed by atoms with Crippen molar-refractivity contribution in [1.29, 1.82) is 0 Å². The van der Waals surface area contributed by atoms with E-state index in [1.165, 1.54) is 12.7 Å². The van der Waals surface area contributed by atoms with E-state index in [1.807, 2.05) is 66.7 Å². The third-order valence-electron chi connectivity index (χ3n) is 15.7. The van der Waals surface area contributed by atoms with Gasteiger partial charge in [0.05, 0.1) is 25.7 Å². The van der Waals surface area contributed by atoms with Crippen LogP contribution in [0.25, 0.3) is 0 Å². The topological polar surface area (TPSA) is 99.1 Å². The molecular formula is C45H58O7. The summed E-state index contributed by atoms with van der Waals surface area (Å²) in [7, 11) is 1.35. The molecule has 0 unspecified atom stereocenters. The van der Waals surface area contributed by atoms with E-state index in [2.05, 4.69) is 34.6 Å². The van der Waals surface area contributed by atoms with Gasteiger partial charge in [0.25, 0.3) is 0 Å². The van der Waals surface area contributed by atoms with Crippen molar-refractivity contribution in [2.45, 2.75) is 105 Å². The van der Waals surface area contributed by atoms with Crippen LogP contribution in [0.15, 0.2) is 72.3 Å². The number of ketones is 1. The molecule has 2 aromatic rings. The second kappa shape index (κ2) is 13.5. The zero-order valence-electron chi connectivity index (χ0n) is 32.0. The molecule has 52 heavy (non-hydrogen) atoms. The van der Waals surface area contributed by atoms with Crippen LogP contribution in [0.5, 0.6) is 0 Å². The Morgan fingerprint density at radius 2 is 1.50 bits per heavy atom. The van der Waals surface area contributed by atoms with Crippen LogP contribution in [0, 0.1) is 50.7 Å². The zero-order chi connectivity index (χ0) is 37.1. The summed E-state index contributed by atoms with van der Waals surface area (Å²) in [5.41, 5.74) is 1.81. The summed E-state index contributed by atoms with van der Waals surface area (Å²) in [5, 5.41) is 11.4. The molecule has 1 N–H and O–H groups in total. The van der Waals surface area contributed by atoms with Crippen LogP contribution in [0.2, 0.25) is 0 Å². The van der Waals surface area contributed by atoms with Gasteiger partial charge in [-0.1, -0.05) is 101 Å². The lowest BCUT2D eigenvalue weighted by atomic mass is 9.33. The lowest BCUT2D eigenvalue weighted by Crippen LogP contribution is -2.67. The Bertz CT molecular complexity index is 1660. The van der Waals surface area contributed by atoms with Crippen molar-refractivity contribution in [3.63, 3.8) is 0 Å². The number of carbonyl (C=O) groups is 3. The molecule has 4 fully saturated rings. The molecule has 0 aliphatic heterocycles. The molecule has 0 spiro atoms. The van der Waals surface area contributed by atoms with Crippen molar-refractivity contribution in [2.75, 3.05) is 20.3 Å². The fourth-order valence-electron chi connectivity index (χ4n) is 12.5. The number of hydrogen-bond acceptors (Lipinski definition) is 7.